The van der Waals surface area contributed by atoms with Crippen molar-refractivity contribution in [1.82, 2.24) is 10.2 Å². The summed E-state index contributed by atoms with van der Waals surface area (Å²) >= 11 is 0. The molecule has 0 radical (unpaired) electrons. The number of fused-ring (bicyclic) bond motifs is 3. The summed E-state index contributed by atoms with van der Waals surface area (Å²) in [5, 5.41) is 12.0. The van der Waals surface area contributed by atoms with Gasteiger partial charge in [0.05, 0.1) is 12.6 Å². The van der Waals surface area contributed by atoms with Gasteiger partial charge in [0.2, 0.25) is 0 Å². The number of aliphatic carboxylic acids is 1. The molecule has 2 amide bonds. The van der Waals surface area contributed by atoms with Gasteiger partial charge in [-0.1, -0.05) is 48.5 Å². The molecular weight excluding hydrogens is 452 g/mol. The van der Waals surface area contributed by atoms with Gasteiger partial charge in [0.25, 0.3) is 5.91 Å². The highest BCUT2D eigenvalue weighted by atomic mass is 16.5. The SMILES string of the molecule is CCOC1CN(C(=O)C(CNC(=O)OCC2c3ccccc3-c3ccccc32)OC)CC1C(=O)O. The number of rotatable bonds is 9. The standard InChI is InChI=1S/C26H30N2O7/c1-3-34-23-14-28(13-20(23)25(30)31)24(29)22(33-2)12-27-26(32)35-15-21-18-10-6-4-8-16(18)17-9-5-7-11-19(17)21/h4-11,20-23H,3,12-15H2,1-2H3,(H,27,32)(H,30,31). The molecular formula is C26H30N2O7. The number of amides is 2. The number of ether oxygens (including phenoxy) is 3. The van der Waals surface area contributed by atoms with E-state index >= 15 is 0 Å². The lowest BCUT2D eigenvalue weighted by molar-refractivity contribution is -0.145. The quantitative estimate of drug-likeness (QED) is 0.564. The van der Waals surface area contributed by atoms with Crippen LogP contribution in [0.15, 0.2) is 48.5 Å². The average molecular weight is 483 g/mol. The van der Waals surface area contributed by atoms with Crippen LogP contribution in [-0.2, 0) is 23.8 Å². The van der Waals surface area contributed by atoms with Gasteiger partial charge < -0.3 is 29.5 Å². The summed E-state index contributed by atoms with van der Waals surface area (Å²) in [5.41, 5.74) is 4.49. The number of nitrogens with zero attached hydrogens (tertiary/aromatic N) is 1. The Labute approximate surface area is 204 Å². The molecule has 1 heterocycles. The van der Waals surface area contributed by atoms with Crippen molar-refractivity contribution in [2.45, 2.75) is 25.0 Å². The zero-order valence-corrected chi connectivity index (χ0v) is 19.8. The summed E-state index contributed by atoms with van der Waals surface area (Å²) in [6.07, 6.45) is -2.20. The van der Waals surface area contributed by atoms with Gasteiger partial charge in [-0.15, -0.1) is 0 Å². The molecule has 1 fully saturated rings. The van der Waals surface area contributed by atoms with Crippen LogP contribution in [0.3, 0.4) is 0 Å². The van der Waals surface area contributed by atoms with Crippen LogP contribution >= 0.6 is 0 Å². The van der Waals surface area contributed by atoms with E-state index in [1.807, 2.05) is 36.4 Å². The number of methoxy groups -OCH3 is 1. The van der Waals surface area contributed by atoms with E-state index in [4.69, 9.17) is 14.2 Å². The maximum absolute atomic E-state index is 12.9. The first-order valence-corrected chi connectivity index (χ1v) is 11.7. The third-order valence-corrected chi connectivity index (χ3v) is 6.61. The fourth-order valence-corrected chi connectivity index (χ4v) is 4.87. The molecule has 1 saturated heterocycles. The van der Waals surface area contributed by atoms with Crippen molar-refractivity contribution in [3.8, 4) is 11.1 Å². The maximum Gasteiger partial charge on any atom is 0.407 e. The molecule has 2 N–H and O–H groups in total. The van der Waals surface area contributed by atoms with Crippen LogP contribution in [0.5, 0.6) is 0 Å². The smallest absolute Gasteiger partial charge is 0.407 e. The highest BCUT2D eigenvalue weighted by Gasteiger charge is 2.42. The second-order valence-corrected chi connectivity index (χ2v) is 8.61. The second kappa shape index (κ2) is 10.9. The average Bonchev–Trinajstić information content (AvgIpc) is 3.43. The minimum atomic E-state index is -1.01. The molecule has 35 heavy (non-hydrogen) atoms. The molecule has 9 heteroatoms. The number of carboxylic acids is 1. The van der Waals surface area contributed by atoms with E-state index in [2.05, 4.69) is 17.4 Å². The number of carbonyl (C=O) groups excluding carboxylic acids is 2. The van der Waals surface area contributed by atoms with Gasteiger partial charge in [-0.25, -0.2) is 4.79 Å². The Hall–Kier alpha value is -3.43. The molecule has 0 bridgehead atoms. The van der Waals surface area contributed by atoms with Crippen molar-refractivity contribution in [2.75, 3.05) is 40.0 Å². The lowest BCUT2D eigenvalue weighted by atomic mass is 9.98. The van der Waals surface area contributed by atoms with Crippen LogP contribution in [0.1, 0.15) is 24.0 Å². The van der Waals surface area contributed by atoms with Crippen LogP contribution in [0.4, 0.5) is 4.79 Å². The van der Waals surface area contributed by atoms with Gasteiger partial charge in [-0.2, -0.15) is 0 Å². The van der Waals surface area contributed by atoms with Crippen LogP contribution < -0.4 is 5.32 Å². The largest absolute Gasteiger partial charge is 0.481 e. The Bertz CT molecular complexity index is 1040. The molecule has 0 saturated carbocycles. The predicted octanol–water partition coefficient (Wildman–Crippen LogP) is 2.49. The summed E-state index contributed by atoms with van der Waals surface area (Å²) in [7, 11) is 1.37. The van der Waals surface area contributed by atoms with Crippen molar-refractivity contribution in [1.29, 1.82) is 0 Å². The van der Waals surface area contributed by atoms with Gasteiger partial charge in [0.1, 0.15) is 12.5 Å². The summed E-state index contributed by atoms with van der Waals surface area (Å²) in [4.78, 5) is 38.3. The third kappa shape index (κ3) is 5.16. The van der Waals surface area contributed by atoms with Crippen molar-refractivity contribution >= 4 is 18.0 Å². The van der Waals surface area contributed by atoms with E-state index in [0.717, 1.165) is 22.3 Å². The van der Waals surface area contributed by atoms with E-state index in [9.17, 15) is 19.5 Å². The lowest BCUT2D eigenvalue weighted by Crippen LogP contribution is -2.45. The first-order valence-electron chi connectivity index (χ1n) is 11.7. The minimum absolute atomic E-state index is 0.0314. The molecule has 2 aromatic carbocycles. The third-order valence-electron chi connectivity index (χ3n) is 6.61. The molecule has 3 atom stereocenters. The molecule has 1 aliphatic carbocycles. The van der Waals surface area contributed by atoms with E-state index < -0.39 is 36.1 Å². The van der Waals surface area contributed by atoms with Crippen molar-refractivity contribution in [2.24, 2.45) is 5.92 Å². The number of carboxylic acid groups (broad SMARTS) is 1. The number of benzene rings is 2. The molecule has 9 nitrogen and oxygen atoms in total. The Morgan fingerprint density at radius 1 is 1.06 bits per heavy atom. The number of alkyl carbamates (subject to hydrolysis) is 1. The number of nitrogens with one attached hydrogen (secondary N) is 1. The molecule has 4 rings (SSSR count). The van der Waals surface area contributed by atoms with E-state index in [1.54, 1.807) is 6.92 Å². The maximum atomic E-state index is 12.9. The van der Waals surface area contributed by atoms with E-state index in [1.165, 1.54) is 12.0 Å². The molecule has 1 aliphatic heterocycles. The summed E-state index contributed by atoms with van der Waals surface area (Å²) < 4.78 is 16.3. The molecule has 3 unspecified atom stereocenters. The predicted molar refractivity (Wildman–Crippen MR) is 127 cm³/mol. The first-order chi connectivity index (χ1) is 16.9. The monoisotopic (exact) mass is 482 g/mol. The van der Waals surface area contributed by atoms with E-state index in [0.29, 0.717) is 6.61 Å². The topological polar surface area (TPSA) is 114 Å². The van der Waals surface area contributed by atoms with Crippen molar-refractivity contribution in [3.63, 3.8) is 0 Å². The van der Waals surface area contributed by atoms with Crippen molar-refractivity contribution in [3.05, 3.63) is 59.7 Å². The Morgan fingerprint density at radius 3 is 2.26 bits per heavy atom. The first kappa shape index (κ1) is 24.7. The number of hydrogen-bond acceptors (Lipinski definition) is 6. The molecule has 186 valence electrons. The summed E-state index contributed by atoms with van der Waals surface area (Å²) in [6.45, 7) is 2.39. The molecule has 0 aromatic heterocycles. The Kier molecular flexibility index (Phi) is 7.67. The minimum Gasteiger partial charge on any atom is -0.481 e. The Morgan fingerprint density at radius 2 is 1.69 bits per heavy atom. The zero-order valence-electron chi connectivity index (χ0n) is 19.8. The zero-order chi connectivity index (χ0) is 24.9. The van der Waals surface area contributed by atoms with Crippen molar-refractivity contribution < 1.29 is 33.7 Å². The van der Waals surface area contributed by atoms with Crippen LogP contribution in [-0.4, -0.2) is 80.1 Å². The second-order valence-electron chi connectivity index (χ2n) is 8.61. The Balaban J connectivity index is 1.32. The summed E-state index contributed by atoms with van der Waals surface area (Å²) in [5.74, 6) is -2.28. The summed E-state index contributed by atoms with van der Waals surface area (Å²) in [6, 6.07) is 16.1. The highest BCUT2D eigenvalue weighted by molar-refractivity contribution is 5.84. The number of likely N-dealkylation sites (tertiary alicyclic amines) is 1. The fraction of sp³-hybridized carbons (Fsp3) is 0.423. The molecule has 0 spiro atoms. The van der Waals surface area contributed by atoms with Crippen LogP contribution in [0.2, 0.25) is 0 Å². The number of carbonyl (C=O) groups is 3. The highest BCUT2D eigenvalue weighted by Crippen LogP contribution is 2.44. The van der Waals surface area contributed by atoms with Gasteiger partial charge >= 0.3 is 12.1 Å². The van der Waals surface area contributed by atoms with E-state index in [-0.39, 0.29) is 32.2 Å². The molecule has 2 aliphatic rings. The normalized spacial score (nSPS) is 19.7. The fourth-order valence-electron chi connectivity index (χ4n) is 4.87. The number of hydrogen-bond donors (Lipinski definition) is 2. The van der Waals surface area contributed by atoms with Gasteiger partial charge in [0, 0.05) is 32.7 Å². The molecule has 2 aromatic rings. The van der Waals surface area contributed by atoms with Gasteiger partial charge in [-0.05, 0) is 29.2 Å². The van der Waals surface area contributed by atoms with Crippen LogP contribution in [0, 0.1) is 5.92 Å². The lowest BCUT2D eigenvalue weighted by Gasteiger charge is -2.23. The van der Waals surface area contributed by atoms with Gasteiger partial charge in [-0.3, -0.25) is 9.59 Å². The van der Waals surface area contributed by atoms with Crippen LogP contribution in [0.25, 0.3) is 11.1 Å². The van der Waals surface area contributed by atoms with Gasteiger partial charge in [0.15, 0.2) is 6.10 Å².